The highest BCUT2D eigenvalue weighted by Crippen LogP contribution is 2.40. The van der Waals surface area contributed by atoms with E-state index in [1.54, 1.807) is 6.20 Å². The molecule has 1 saturated carbocycles. The van der Waals surface area contributed by atoms with Crippen molar-refractivity contribution in [3.63, 3.8) is 0 Å². The van der Waals surface area contributed by atoms with Gasteiger partial charge < -0.3 is 14.7 Å². The average Bonchev–Trinajstić information content (AvgIpc) is 3.21. The molecule has 1 aliphatic heterocycles. The lowest BCUT2D eigenvalue weighted by molar-refractivity contribution is 0.362. The predicted octanol–water partition coefficient (Wildman–Crippen LogP) is 4.35. The van der Waals surface area contributed by atoms with Crippen molar-refractivity contribution in [3.05, 3.63) is 60.0 Å². The van der Waals surface area contributed by atoms with Crippen LogP contribution in [0.1, 0.15) is 49.1 Å². The van der Waals surface area contributed by atoms with E-state index in [-0.39, 0.29) is 11.9 Å². The summed E-state index contributed by atoms with van der Waals surface area (Å²) in [4.78, 5) is 15.1. The van der Waals surface area contributed by atoms with Crippen molar-refractivity contribution in [2.75, 3.05) is 16.8 Å². The molecule has 4 aromatic heterocycles. The summed E-state index contributed by atoms with van der Waals surface area (Å²) < 4.78 is 20.1. The van der Waals surface area contributed by atoms with Crippen LogP contribution in [0, 0.1) is 5.82 Å². The number of rotatable bonds is 6. The summed E-state index contributed by atoms with van der Waals surface area (Å²) in [5.74, 6) is 1.80. The van der Waals surface area contributed by atoms with Crippen molar-refractivity contribution in [3.8, 4) is 11.4 Å². The Morgan fingerprint density at radius 2 is 2.06 bits per heavy atom. The number of nitrogens with one attached hydrogen (secondary N) is 2. The minimum atomic E-state index is -0.530. The van der Waals surface area contributed by atoms with E-state index >= 15 is 0 Å². The molecule has 2 aliphatic rings. The van der Waals surface area contributed by atoms with Crippen LogP contribution in [0.4, 0.5) is 22.0 Å². The zero-order valence-corrected chi connectivity index (χ0v) is 17.2. The lowest BCUT2D eigenvalue weighted by Gasteiger charge is -2.22. The van der Waals surface area contributed by atoms with Gasteiger partial charge in [0.2, 0.25) is 5.95 Å². The molecule has 32 heavy (non-hydrogen) atoms. The van der Waals surface area contributed by atoms with Crippen LogP contribution in [0.2, 0.25) is 0 Å². The lowest BCUT2D eigenvalue weighted by Crippen LogP contribution is -2.24. The Bertz CT molecular complexity index is 1240. The number of aromatic nitrogens is 6. The number of nitrogens with zero attached hydrogens (tertiary/aromatic N) is 6. The van der Waals surface area contributed by atoms with Gasteiger partial charge in [-0.2, -0.15) is 10.1 Å². The minimum Gasteiger partial charge on any atom is -0.358 e. The summed E-state index contributed by atoms with van der Waals surface area (Å²) in [7, 11) is 0. The second kappa shape index (κ2) is 7.70. The predicted molar refractivity (Wildman–Crippen MR) is 115 cm³/mol. The van der Waals surface area contributed by atoms with Crippen LogP contribution in [-0.4, -0.2) is 36.9 Å². The Labute approximate surface area is 183 Å². The van der Waals surface area contributed by atoms with Gasteiger partial charge in [0.25, 0.3) is 0 Å². The van der Waals surface area contributed by atoms with Crippen LogP contribution in [0.25, 0.3) is 11.4 Å². The molecule has 0 bridgehead atoms. The highest BCUT2D eigenvalue weighted by atomic mass is 19.1. The summed E-state index contributed by atoms with van der Waals surface area (Å²) in [5.41, 5.74) is 2.50. The van der Waals surface area contributed by atoms with Crippen molar-refractivity contribution >= 4 is 17.6 Å². The molecule has 0 aromatic carbocycles. The Kier molecular flexibility index (Phi) is 4.55. The zero-order valence-electron chi connectivity index (χ0n) is 17.2. The SMILES string of the molecule is Fc1cnc(N2CCCC2c2cc(-c3ccccn3)no2)nc1Nc1cc(C2CC2)[nH]n1. The third kappa shape index (κ3) is 3.57. The molecule has 162 valence electrons. The first kappa shape index (κ1) is 18.9. The van der Waals surface area contributed by atoms with Gasteiger partial charge in [-0.3, -0.25) is 10.1 Å². The van der Waals surface area contributed by atoms with Gasteiger partial charge in [0, 0.05) is 36.5 Å². The first-order valence-corrected chi connectivity index (χ1v) is 10.7. The van der Waals surface area contributed by atoms with E-state index in [0.29, 0.717) is 29.1 Å². The second-order valence-electron chi connectivity index (χ2n) is 8.16. The van der Waals surface area contributed by atoms with Gasteiger partial charge >= 0.3 is 0 Å². The normalized spacial score (nSPS) is 18.3. The molecule has 2 N–H and O–H groups in total. The number of hydrogen-bond acceptors (Lipinski definition) is 8. The van der Waals surface area contributed by atoms with Gasteiger partial charge in [0.1, 0.15) is 5.69 Å². The summed E-state index contributed by atoms with van der Waals surface area (Å²) >= 11 is 0. The van der Waals surface area contributed by atoms with Crippen LogP contribution in [0.3, 0.4) is 0 Å². The average molecular weight is 432 g/mol. The standard InChI is InChI=1S/C22H21FN8O/c23-14-12-25-22(27-21(14)26-20-11-16(28-29-20)13-6-7-13)31-9-3-5-18(31)19-10-17(30-32-19)15-4-1-2-8-24-15/h1-2,4,8,10-13,18H,3,5-7,9H2,(H2,25,26,27,28,29). The van der Waals surface area contributed by atoms with Crippen molar-refractivity contribution in [2.24, 2.45) is 0 Å². The van der Waals surface area contributed by atoms with Gasteiger partial charge in [-0.1, -0.05) is 11.2 Å². The topological polar surface area (TPSA) is 109 Å². The first-order chi connectivity index (χ1) is 15.7. The smallest absolute Gasteiger partial charge is 0.228 e. The second-order valence-corrected chi connectivity index (χ2v) is 8.16. The Morgan fingerprint density at radius 1 is 1.12 bits per heavy atom. The molecule has 1 atom stereocenters. The Hall–Kier alpha value is -3.82. The largest absolute Gasteiger partial charge is 0.358 e. The fourth-order valence-electron chi connectivity index (χ4n) is 4.09. The summed E-state index contributed by atoms with van der Waals surface area (Å²) in [6.45, 7) is 0.740. The van der Waals surface area contributed by atoms with Crippen molar-refractivity contribution in [2.45, 2.75) is 37.6 Å². The van der Waals surface area contributed by atoms with Crippen LogP contribution in [-0.2, 0) is 0 Å². The number of aromatic amines is 1. The molecule has 0 radical (unpaired) electrons. The fourth-order valence-corrected chi connectivity index (χ4v) is 4.09. The maximum atomic E-state index is 14.5. The van der Waals surface area contributed by atoms with E-state index in [4.69, 9.17) is 4.52 Å². The van der Waals surface area contributed by atoms with Gasteiger partial charge in [0.05, 0.1) is 17.9 Å². The molecule has 1 saturated heterocycles. The van der Waals surface area contributed by atoms with Crippen LogP contribution < -0.4 is 10.2 Å². The van der Waals surface area contributed by atoms with Crippen molar-refractivity contribution in [1.82, 2.24) is 30.3 Å². The Balaban J connectivity index is 1.25. The molecule has 0 amide bonds. The molecule has 2 fully saturated rings. The molecule has 6 rings (SSSR count). The highest BCUT2D eigenvalue weighted by molar-refractivity contribution is 5.56. The Morgan fingerprint density at radius 3 is 2.91 bits per heavy atom. The number of H-pyrrole nitrogens is 1. The quantitative estimate of drug-likeness (QED) is 0.463. The summed E-state index contributed by atoms with van der Waals surface area (Å²) in [5, 5.41) is 14.4. The van der Waals surface area contributed by atoms with E-state index in [1.807, 2.05) is 35.2 Å². The van der Waals surface area contributed by atoms with Gasteiger partial charge in [-0.05, 0) is 37.8 Å². The molecular formula is C22H21FN8O. The molecule has 4 aromatic rings. The molecule has 0 spiro atoms. The van der Waals surface area contributed by atoms with Crippen molar-refractivity contribution < 1.29 is 8.91 Å². The van der Waals surface area contributed by atoms with Crippen LogP contribution >= 0.6 is 0 Å². The third-order valence-electron chi connectivity index (χ3n) is 5.89. The zero-order chi connectivity index (χ0) is 21.5. The van der Waals surface area contributed by atoms with Gasteiger partial charge in [0.15, 0.2) is 23.2 Å². The van der Waals surface area contributed by atoms with E-state index in [0.717, 1.165) is 43.6 Å². The van der Waals surface area contributed by atoms with Gasteiger partial charge in [-0.25, -0.2) is 9.37 Å². The van der Waals surface area contributed by atoms with E-state index < -0.39 is 5.82 Å². The maximum absolute atomic E-state index is 14.5. The van der Waals surface area contributed by atoms with Crippen LogP contribution in [0.15, 0.2) is 47.2 Å². The van der Waals surface area contributed by atoms with Gasteiger partial charge in [-0.15, -0.1) is 0 Å². The highest BCUT2D eigenvalue weighted by Gasteiger charge is 2.32. The molecule has 9 nitrogen and oxygen atoms in total. The third-order valence-corrected chi connectivity index (χ3v) is 5.89. The number of hydrogen-bond donors (Lipinski definition) is 2. The molecule has 5 heterocycles. The molecule has 1 aliphatic carbocycles. The monoisotopic (exact) mass is 432 g/mol. The minimum absolute atomic E-state index is 0.0786. The van der Waals surface area contributed by atoms with E-state index in [1.165, 1.54) is 6.20 Å². The lowest BCUT2D eigenvalue weighted by atomic mass is 10.1. The number of pyridine rings is 1. The van der Waals surface area contributed by atoms with Crippen molar-refractivity contribution in [1.29, 1.82) is 0 Å². The maximum Gasteiger partial charge on any atom is 0.228 e. The summed E-state index contributed by atoms with van der Waals surface area (Å²) in [6.07, 6.45) is 7.04. The van der Waals surface area contributed by atoms with E-state index in [9.17, 15) is 4.39 Å². The molecular weight excluding hydrogens is 411 g/mol. The van der Waals surface area contributed by atoms with E-state index in [2.05, 4.69) is 35.6 Å². The first-order valence-electron chi connectivity index (χ1n) is 10.7. The summed E-state index contributed by atoms with van der Waals surface area (Å²) in [6, 6.07) is 9.38. The van der Waals surface area contributed by atoms with Crippen LogP contribution in [0.5, 0.6) is 0 Å². The number of anilines is 3. The molecule has 10 heteroatoms. The fraction of sp³-hybridized carbons (Fsp3) is 0.318. The number of halogens is 1. The molecule has 1 unspecified atom stereocenters.